The number of carbonyl (C=O) groups excluding carboxylic acids is 1. The standard InChI is InChI=1S/C19H15Cl2N3OS/c1-12-3-2-4-13-9-14(19(21)23-18(12)13)10-22-24-17(25)11-26-16-7-5-15(20)6-8-16/h2-10H,11H2,1H3,(H,24,25)/b22-10-. The zero-order valence-corrected chi connectivity index (χ0v) is 16.2. The number of hydrazone groups is 1. The van der Waals surface area contributed by atoms with Gasteiger partial charge in [0.2, 0.25) is 5.91 Å². The molecular formula is C19H15Cl2N3OS. The quantitative estimate of drug-likeness (QED) is 0.279. The number of nitrogens with zero attached hydrogens (tertiary/aromatic N) is 2. The van der Waals surface area contributed by atoms with Crippen LogP contribution in [0.25, 0.3) is 10.9 Å². The van der Waals surface area contributed by atoms with Crippen molar-refractivity contribution in [2.75, 3.05) is 5.75 Å². The Morgan fingerprint density at radius 2 is 2.00 bits per heavy atom. The third kappa shape index (κ3) is 4.75. The molecule has 2 aromatic carbocycles. The summed E-state index contributed by atoms with van der Waals surface area (Å²) >= 11 is 13.5. The fourth-order valence-electron chi connectivity index (χ4n) is 2.32. The molecule has 0 saturated carbocycles. The van der Waals surface area contributed by atoms with Crippen LogP contribution in [0.4, 0.5) is 0 Å². The van der Waals surface area contributed by atoms with Crippen molar-refractivity contribution in [1.29, 1.82) is 0 Å². The summed E-state index contributed by atoms with van der Waals surface area (Å²) in [6.07, 6.45) is 1.50. The van der Waals surface area contributed by atoms with Gasteiger partial charge in [0.25, 0.3) is 0 Å². The van der Waals surface area contributed by atoms with Crippen LogP contribution in [0, 0.1) is 6.92 Å². The van der Waals surface area contributed by atoms with Gasteiger partial charge in [0.1, 0.15) is 5.15 Å². The minimum absolute atomic E-state index is 0.207. The lowest BCUT2D eigenvalue weighted by atomic mass is 10.1. The average Bonchev–Trinajstić information content (AvgIpc) is 2.62. The lowest BCUT2D eigenvalue weighted by Crippen LogP contribution is -2.19. The predicted octanol–water partition coefficient (Wildman–Crippen LogP) is 5.09. The van der Waals surface area contributed by atoms with Gasteiger partial charge in [0.05, 0.1) is 17.5 Å². The van der Waals surface area contributed by atoms with Crippen LogP contribution in [-0.2, 0) is 4.79 Å². The van der Waals surface area contributed by atoms with Gasteiger partial charge in [-0.2, -0.15) is 5.10 Å². The normalized spacial score (nSPS) is 11.2. The van der Waals surface area contributed by atoms with Gasteiger partial charge in [-0.3, -0.25) is 4.79 Å². The first-order chi connectivity index (χ1) is 12.5. The van der Waals surface area contributed by atoms with E-state index in [1.807, 2.05) is 43.3 Å². The third-order valence-electron chi connectivity index (χ3n) is 3.60. The lowest BCUT2D eigenvalue weighted by Gasteiger charge is -2.04. The maximum Gasteiger partial charge on any atom is 0.250 e. The van der Waals surface area contributed by atoms with Crippen LogP contribution < -0.4 is 5.43 Å². The molecule has 3 aromatic rings. The van der Waals surface area contributed by atoms with Gasteiger partial charge in [-0.1, -0.05) is 41.4 Å². The van der Waals surface area contributed by atoms with Gasteiger partial charge in [0.15, 0.2) is 0 Å². The summed E-state index contributed by atoms with van der Waals surface area (Å²) in [5, 5.41) is 5.96. The molecule has 26 heavy (non-hydrogen) atoms. The molecule has 0 aliphatic heterocycles. The minimum Gasteiger partial charge on any atom is -0.272 e. The topological polar surface area (TPSA) is 54.4 Å². The van der Waals surface area contributed by atoms with E-state index in [-0.39, 0.29) is 11.7 Å². The molecule has 4 nitrogen and oxygen atoms in total. The van der Waals surface area contributed by atoms with Crippen molar-refractivity contribution in [1.82, 2.24) is 10.4 Å². The SMILES string of the molecule is Cc1cccc2cc(/C=N\NC(=O)CSc3ccc(Cl)cc3)c(Cl)nc12. The van der Waals surface area contributed by atoms with E-state index in [9.17, 15) is 4.79 Å². The molecule has 0 unspecified atom stereocenters. The molecule has 0 aliphatic carbocycles. The first kappa shape index (κ1) is 18.7. The molecule has 0 bridgehead atoms. The second-order valence-electron chi connectivity index (χ2n) is 5.55. The Kier molecular flexibility index (Phi) is 6.14. The number of fused-ring (bicyclic) bond motifs is 1. The minimum atomic E-state index is -0.207. The van der Waals surface area contributed by atoms with E-state index < -0.39 is 0 Å². The van der Waals surface area contributed by atoms with Crippen molar-refractivity contribution in [2.24, 2.45) is 5.10 Å². The van der Waals surface area contributed by atoms with Gasteiger partial charge in [-0.25, -0.2) is 10.4 Å². The summed E-state index contributed by atoms with van der Waals surface area (Å²) in [4.78, 5) is 17.3. The third-order valence-corrected chi connectivity index (χ3v) is 5.17. The Bertz CT molecular complexity index is 974. The number of carbonyl (C=O) groups is 1. The molecule has 1 N–H and O–H groups in total. The lowest BCUT2D eigenvalue weighted by molar-refractivity contribution is -0.118. The number of rotatable bonds is 5. The summed E-state index contributed by atoms with van der Waals surface area (Å²) in [7, 11) is 0. The predicted molar refractivity (Wildman–Crippen MR) is 109 cm³/mol. The summed E-state index contributed by atoms with van der Waals surface area (Å²) < 4.78 is 0. The molecule has 0 saturated heterocycles. The summed E-state index contributed by atoms with van der Waals surface area (Å²) in [5.74, 6) is 0.0453. The van der Waals surface area contributed by atoms with Crippen molar-refractivity contribution in [3.8, 4) is 0 Å². The number of hydrogen-bond acceptors (Lipinski definition) is 4. The van der Waals surface area contributed by atoms with Crippen molar-refractivity contribution < 1.29 is 4.79 Å². The summed E-state index contributed by atoms with van der Waals surface area (Å²) in [5.41, 5.74) is 5.06. The molecule has 1 aromatic heterocycles. The van der Waals surface area contributed by atoms with Crippen LogP contribution in [-0.4, -0.2) is 22.9 Å². The van der Waals surface area contributed by atoms with E-state index in [4.69, 9.17) is 23.2 Å². The second-order valence-corrected chi connectivity index (χ2v) is 7.39. The number of pyridine rings is 1. The number of hydrogen-bond donors (Lipinski definition) is 1. The number of benzene rings is 2. The van der Waals surface area contributed by atoms with Crippen molar-refractivity contribution in [2.45, 2.75) is 11.8 Å². The van der Waals surface area contributed by atoms with Crippen LogP contribution in [0.5, 0.6) is 0 Å². The van der Waals surface area contributed by atoms with Crippen molar-refractivity contribution in [3.05, 3.63) is 69.8 Å². The van der Waals surface area contributed by atoms with Gasteiger partial charge in [-0.05, 0) is 42.8 Å². The molecule has 1 heterocycles. The number of amides is 1. The largest absolute Gasteiger partial charge is 0.272 e. The number of aromatic nitrogens is 1. The molecular weight excluding hydrogens is 389 g/mol. The van der Waals surface area contributed by atoms with Crippen LogP contribution in [0.1, 0.15) is 11.1 Å². The Hall–Kier alpha value is -2.08. The Labute approximate surface area is 165 Å². The Morgan fingerprint density at radius 1 is 1.23 bits per heavy atom. The maximum atomic E-state index is 11.9. The van der Waals surface area contributed by atoms with Gasteiger partial charge < -0.3 is 0 Å². The molecule has 0 atom stereocenters. The molecule has 0 radical (unpaired) electrons. The van der Waals surface area contributed by atoms with Crippen LogP contribution >= 0.6 is 35.0 Å². The molecule has 0 fully saturated rings. The highest BCUT2D eigenvalue weighted by Gasteiger charge is 2.06. The number of thioether (sulfide) groups is 1. The van der Waals surface area contributed by atoms with Gasteiger partial charge in [-0.15, -0.1) is 11.8 Å². The average molecular weight is 404 g/mol. The molecule has 0 spiro atoms. The smallest absolute Gasteiger partial charge is 0.250 e. The first-order valence-electron chi connectivity index (χ1n) is 7.79. The zero-order valence-electron chi connectivity index (χ0n) is 13.9. The molecule has 0 aliphatic rings. The van der Waals surface area contributed by atoms with Crippen molar-refractivity contribution in [3.63, 3.8) is 0 Å². The highest BCUT2D eigenvalue weighted by Crippen LogP contribution is 2.22. The number of para-hydroxylation sites is 1. The van der Waals surface area contributed by atoms with Gasteiger partial charge >= 0.3 is 0 Å². The number of aryl methyl sites for hydroxylation is 1. The van der Waals surface area contributed by atoms with E-state index in [1.165, 1.54) is 18.0 Å². The van der Waals surface area contributed by atoms with E-state index in [1.54, 1.807) is 12.1 Å². The monoisotopic (exact) mass is 403 g/mol. The summed E-state index contributed by atoms with van der Waals surface area (Å²) in [6, 6.07) is 15.1. The molecule has 1 amide bonds. The second kappa shape index (κ2) is 8.54. The Morgan fingerprint density at radius 3 is 2.77 bits per heavy atom. The Balaban J connectivity index is 1.61. The van der Waals surface area contributed by atoms with E-state index in [2.05, 4.69) is 15.5 Å². The first-order valence-corrected chi connectivity index (χ1v) is 9.53. The molecule has 132 valence electrons. The molecule has 3 rings (SSSR count). The van der Waals surface area contributed by atoms with Crippen LogP contribution in [0.3, 0.4) is 0 Å². The number of nitrogens with one attached hydrogen (secondary N) is 1. The van der Waals surface area contributed by atoms with Crippen LogP contribution in [0.2, 0.25) is 10.2 Å². The van der Waals surface area contributed by atoms with E-state index in [0.717, 1.165) is 21.4 Å². The zero-order chi connectivity index (χ0) is 18.5. The molecule has 7 heteroatoms. The number of halogens is 2. The van der Waals surface area contributed by atoms with Crippen LogP contribution in [0.15, 0.2) is 58.5 Å². The summed E-state index contributed by atoms with van der Waals surface area (Å²) in [6.45, 7) is 1.98. The van der Waals surface area contributed by atoms with E-state index in [0.29, 0.717) is 15.7 Å². The van der Waals surface area contributed by atoms with Gasteiger partial charge in [0, 0.05) is 20.9 Å². The highest BCUT2D eigenvalue weighted by molar-refractivity contribution is 8.00. The highest BCUT2D eigenvalue weighted by atomic mass is 35.5. The van der Waals surface area contributed by atoms with E-state index >= 15 is 0 Å². The fourth-order valence-corrected chi connectivity index (χ4v) is 3.32. The maximum absolute atomic E-state index is 11.9. The van der Waals surface area contributed by atoms with Crippen molar-refractivity contribution >= 4 is 58.0 Å². The fraction of sp³-hybridized carbons (Fsp3) is 0.105.